The van der Waals surface area contributed by atoms with E-state index in [4.69, 9.17) is 18.9 Å². The number of ether oxygens (including phenoxy) is 4. The third-order valence-electron chi connectivity index (χ3n) is 6.45. The molecule has 33 heavy (non-hydrogen) atoms. The van der Waals surface area contributed by atoms with Gasteiger partial charge in [0.1, 0.15) is 6.61 Å². The quantitative estimate of drug-likeness (QED) is 0.404. The van der Waals surface area contributed by atoms with Gasteiger partial charge >= 0.3 is 5.97 Å². The van der Waals surface area contributed by atoms with Gasteiger partial charge in [-0.05, 0) is 38.7 Å². The zero-order valence-electron chi connectivity index (χ0n) is 18.2. The number of nitrogens with zero attached hydrogens (tertiary/aromatic N) is 1. The summed E-state index contributed by atoms with van der Waals surface area (Å²) in [5.74, 6) is -1.12. The number of carbonyl (C=O) groups is 2. The number of fused-ring (bicyclic) bond motifs is 1. The summed E-state index contributed by atoms with van der Waals surface area (Å²) in [6.07, 6.45) is 3.14. The molecular weight excluding hydrogens is 432 g/mol. The molecule has 1 N–H and O–H groups in total. The SMILES string of the molecule is CC1=C(C(=O)OC[C@H]2CCCO2)[C@H](c2cc3c(cc2[N+](=O)[O-])OCO3)C2=C(CCCC2=O)N1. The molecule has 10 nitrogen and oxygen atoms in total. The van der Waals surface area contributed by atoms with Crippen LogP contribution in [0, 0.1) is 10.1 Å². The van der Waals surface area contributed by atoms with E-state index in [9.17, 15) is 19.7 Å². The lowest BCUT2D eigenvalue weighted by Crippen LogP contribution is -2.35. The standard InChI is InChI=1S/C23H24N2O8/c1-12-20(23(27)31-10-13-4-3-7-30-13)21(22-15(24-12)5-2-6-17(22)26)14-8-18-19(33-11-32-18)9-16(14)25(28)29/h8-9,13,21,24H,2-7,10-11H2,1H3/t13-,21+/m1/s1. The number of ketones is 1. The fourth-order valence-electron chi connectivity index (χ4n) is 4.92. The van der Waals surface area contributed by atoms with Crippen molar-refractivity contribution in [1.82, 2.24) is 5.32 Å². The number of hydrogen-bond acceptors (Lipinski definition) is 9. The molecule has 5 rings (SSSR count). The normalized spacial score (nSPS) is 24.0. The van der Waals surface area contributed by atoms with Crippen LogP contribution in [0.4, 0.5) is 5.69 Å². The number of rotatable bonds is 5. The minimum atomic E-state index is -0.944. The molecule has 0 aromatic heterocycles. The van der Waals surface area contributed by atoms with Crippen LogP contribution in [0.25, 0.3) is 0 Å². The minimum Gasteiger partial charge on any atom is -0.459 e. The molecule has 4 aliphatic rings. The van der Waals surface area contributed by atoms with Gasteiger partial charge in [0, 0.05) is 35.6 Å². The van der Waals surface area contributed by atoms with E-state index in [0.717, 1.165) is 12.8 Å². The monoisotopic (exact) mass is 456 g/mol. The average Bonchev–Trinajstić information content (AvgIpc) is 3.47. The Morgan fingerprint density at radius 3 is 2.76 bits per heavy atom. The highest BCUT2D eigenvalue weighted by atomic mass is 16.7. The molecule has 3 aliphatic heterocycles. The molecule has 0 bridgehead atoms. The zero-order chi connectivity index (χ0) is 23.1. The zero-order valence-corrected chi connectivity index (χ0v) is 18.2. The number of Topliss-reactive ketones (excluding diaryl/α,β-unsaturated/α-hetero) is 1. The fourth-order valence-corrected chi connectivity index (χ4v) is 4.92. The van der Waals surface area contributed by atoms with E-state index in [1.807, 2.05) is 0 Å². The highest BCUT2D eigenvalue weighted by molar-refractivity contribution is 6.04. The van der Waals surface area contributed by atoms with Crippen LogP contribution in [-0.2, 0) is 19.1 Å². The highest BCUT2D eigenvalue weighted by Gasteiger charge is 2.43. The molecule has 0 unspecified atom stereocenters. The predicted molar refractivity (Wildman–Crippen MR) is 114 cm³/mol. The molecule has 0 spiro atoms. The third-order valence-corrected chi connectivity index (χ3v) is 6.45. The van der Waals surface area contributed by atoms with E-state index in [-0.39, 0.29) is 47.9 Å². The topological polar surface area (TPSA) is 126 Å². The Labute approximate surface area is 189 Å². The summed E-state index contributed by atoms with van der Waals surface area (Å²) in [7, 11) is 0. The predicted octanol–water partition coefficient (Wildman–Crippen LogP) is 3.01. The van der Waals surface area contributed by atoms with Crippen molar-refractivity contribution in [1.29, 1.82) is 0 Å². The van der Waals surface area contributed by atoms with Crippen molar-refractivity contribution in [2.75, 3.05) is 20.0 Å². The first kappa shape index (κ1) is 21.4. The molecule has 0 saturated carbocycles. The number of nitro benzene ring substituents is 1. The molecule has 1 aliphatic carbocycles. The van der Waals surface area contributed by atoms with Crippen LogP contribution in [0.15, 0.2) is 34.7 Å². The molecule has 0 amide bonds. The number of nitrogens with one attached hydrogen (secondary N) is 1. The van der Waals surface area contributed by atoms with E-state index in [1.165, 1.54) is 12.1 Å². The summed E-state index contributed by atoms with van der Waals surface area (Å²) in [5, 5.41) is 15.2. The Morgan fingerprint density at radius 1 is 1.24 bits per heavy atom. The van der Waals surface area contributed by atoms with Gasteiger partial charge in [-0.3, -0.25) is 14.9 Å². The smallest absolute Gasteiger partial charge is 0.336 e. The lowest BCUT2D eigenvalue weighted by atomic mass is 9.74. The number of benzene rings is 1. The second-order valence-corrected chi connectivity index (χ2v) is 8.52. The first-order chi connectivity index (χ1) is 15.9. The summed E-state index contributed by atoms with van der Waals surface area (Å²) >= 11 is 0. The van der Waals surface area contributed by atoms with Gasteiger partial charge in [-0.1, -0.05) is 0 Å². The van der Waals surface area contributed by atoms with Crippen molar-refractivity contribution in [3.63, 3.8) is 0 Å². The van der Waals surface area contributed by atoms with Gasteiger partial charge in [0.05, 0.1) is 28.6 Å². The number of allylic oxidation sites excluding steroid dienone is 3. The van der Waals surface area contributed by atoms with Crippen molar-refractivity contribution >= 4 is 17.4 Å². The van der Waals surface area contributed by atoms with Crippen LogP contribution in [0.5, 0.6) is 11.5 Å². The van der Waals surface area contributed by atoms with Crippen molar-refractivity contribution < 1.29 is 33.5 Å². The summed E-state index contributed by atoms with van der Waals surface area (Å²) in [4.78, 5) is 37.8. The van der Waals surface area contributed by atoms with Gasteiger partial charge in [0.15, 0.2) is 17.3 Å². The number of dihydropyridines is 1. The molecule has 3 heterocycles. The molecule has 174 valence electrons. The van der Waals surface area contributed by atoms with Crippen LogP contribution >= 0.6 is 0 Å². The molecule has 2 atom stereocenters. The Bertz CT molecular complexity index is 1100. The minimum absolute atomic E-state index is 0.0554. The van der Waals surface area contributed by atoms with Crippen LogP contribution in [0.2, 0.25) is 0 Å². The number of nitro groups is 1. The number of esters is 1. The molecule has 1 aromatic rings. The second-order valence-electron chi connectivity index (χ2n) is 8.52. The Kier molecular flexibility index (Phi) is 5.53. The fraction of sp³-hybridized carbons (Fsp3) is 0.478. The highest BCUT2D eigenvalue weighted by Crippen LogP contribution is 2.48. The van der Waals surface area contributed by atoms with E-state index in [1.54, 1.807) is 6.92 Å². The molecule has 0 radical (unpaired) electrons. The van der Waals surface area contributed by atoms with Crippen LogP contribution in [0.1, 0.15) is 50.5 Å². The van der Waals surface area contributed by atoms with E-state index in [0.29, 0.717) is 48.6 Å². The van der Waals surface area contributed by atoms with E-state index < -0.39 is 16.8 Å². The molecule has 1 fully saturated rings. The Balaban J connectivity index is 1.61. The maximum Gasteiger partial charge on any atom is 0.336 e. The summed E-state index contributed by atoms with van der Waals surface area (Å²) in [6.45, 7) is 2.38. The average molecular weight is 456 g/mol. The van der Waals surface area contributed by atoms with Crippen LogP contribution in [-0.4, -0.2) is 42.8 Å². The van der Waals surface area contributed by atoms with Crippen LogP contribution < -0.4 is 14.8 Å². The Hall–Kier alpha value is -3.40. The molecule has 10 heteroatoms. The first-order valence-electron chi connectivity index (χ1n) is 11.0. The van der Waals surface area contributed by atoms with Gasteiger partial charge < -0.3 is 24.3 Å². The number of hydrogen-bond donors (Lipinski definition) is 1. The van der Waals surface area contributed by atoms with Gasteiger partial charge in [0.25, 0.3) is 5.69 Å². The summed E-state index contributed by atoms with van der Waals surface area (Å²) in [5.41, 5.74) is 1.72. The lowest BCUT2D eigenvalue weighted by molar-refractivity contribution is -0.385. The van der Waals surface area contributed by atoms with Crippen molar-refractivity contribution in [3.8, 4) is 11.5 Å². The van der Waals surface area contributed by atoms with Gasteiger partial charge in [0.2, 0.25) is 6.79 Å². The molecule has 1 saturated heterocycles. The lowest BCUT2D eigenvalue weighted by Gasteiger charge is -2.34. The van der Waals surface area contributed by atoms with Gasteiger partial charge in [-0.25, -0.2) is 4.79 Å². The van der Waals surface area contributed by atoms with Crippen molar-refractivity contribution in [3.05, 3.63) is 50.4 Å². The van der Waals surface area contributed by atoms with E-state index in [2.05, 4.69) is 5.32 Å². The summed E-state index contributed by atoms with van der Waals surface area (Å²) in [6, 6.07) is 2.79. The van der Waals surface area contributed by atoms with Crippen LogP contribution in [0.3, 0.4) is 0 Å². The largest absolute Gasteiger partial charge is 0.459 e. The molecule has 1 aromatic carbocycles. The van der Waals surface area contributed by atoms with Crippen molar-refractivity contribution in [2.24, 2.45) is 0 Å². The number of carbonyl (C=O) groups excluding carboxylic acids is 2. The first-order valence-corrected chi connectivity index (χ1v) is 11.0. The Morgan fingerprint density at radius 2 is 2.03 bits per heavy atom. The van der Waals surface area contributed by atoms with E-state index >= 15 is 0 Å². The third kappa shape index (κ3) is 3.84. The maximum atomic E-state index is 13.3. The molecular formula is C23H24N2O8. The summed E-state index contributed by atoms with van der Waals surface area (Å²) < 4.78 is 21.9. The second kappa shape index (κ2) is 8.51. The van der Waals surface area contributed by atoms with Gasteiger partial charge in [-0.15, -0.1) is 0 Å². The van der Waals surface area contributed by atoms with Gasteiger partial charge in [-0.2, -0.15) is 0 Å². The maximum absolute atomic E-state index is 13.3. The van der Waals surface area contributed by atoms with Crippen molar-refractivity contribution in [2.45, 2.75) is 51.0 Å².